The molecule has 2 saturated heterocycles. The van der Waals surface area contributed by atoms with Gasteiger partial charge in [0.15, 0.2) is 11.5 Å². The minimum Gasteiger partial charge on any atom is -0.493 e. The molecule has 0 aliphatic carbocycles. The SMILES string of the molecule is C=CCc1cc(/C=C2\SC(=O)N(CC(=O)Nc3ccccc3N3CCOCC3)C2=O)cc(OC)c1OCc1ccc(Br)cc1. The molecule has 1 N–H and O–H groups in total. The number of para-hydroxylation sites is 2. The van der Waals surface area contributed by atoms with Crippen LogP contribution in [0.3, 0.4) is 0 Å². The number of methoxy groups -OCH3 is 1. The number of morpholine rings is 1. The predicted octanol–water partition coefficient (Wildman–Crippen LogP) is 6.28. The number of carbonyl (C=O) groups excluding carboxylic acids is 3. The molecule has 3 aromatic carbocycles. The highest BCUT2D eigenvalue weighted by Crippen LogP contribution is 2.38. The van der Waals surface area contributed by atoms with Gasteiger partial charge in [-0.1, -0.05) is 46.3 Å². The number of anilines is 2. The lowest BCUT2D eigenvalue weighted by molar-refractivity contribution is -0.127. The number of hydrogen-bond acceptors (Lipinski definition) is 8. The fraction of sp³-hybridized carbons (Fsp3) is 0.242. The van der Waals surface area contributed by atoms with Crippen molar-refractivity contribution in [2.75, 3.05) is 50.2 Å². The Morgan fingerprint density at radius 1 is 1.11 bits per heavy atom. The van der Waals surface area contributed by atoms with Crippen LogP contribution in [0.15, 0.2) is 82.7 Å². The fourth-order valence-corrected chi connectivity index (χ4v) is 6.01. The first-order valence-electron chi connectivity index (χ1n) is 14.0. The molecule has 44 heavy (non-hydrogen) atoms. The summed E-state index contributed by atoms with van der Waals surface area (Å²) in [5, 5.41) is 2.36. The Morgan fingerprint density at radius 3 is 2.59 bits per heavy atom. The van der Waals surface area contributed by atoms with Crippen LogP contribution in [0, 0.1) is 0 Å². The number of nitrogens with one attached hydrogen (secondary N) is 1. The zero-order valence-corrected chi connectivity index (χ0v) is 26.6. The van der Waals surface area contributed by atoms with Gasteiger partial charge in [-0.15, -0.1) is 6.58 Å². The minimum atomic E-state index is -0.531. The highest BCUT2D eigenvalue weighted by Gasteiger charge is 2.36. The van der Waals surface area contributed by atoms with E-state index in [0.29, 0.717) is 62.1 Å². The van der Waals surface area contributed by atoms with Gasteiger partial charge in [0.05, 0.1) is 36.6 Å². The van der Waals surface area contributed by atoms with Gasteiger partial charge in [-0.25, -0.2) is 0 Å². The van der Waals surface area contributed by atoms with Crippen molar-refractivity contribution < 1.29 is 28.6 Å². The van der Waals surface area contributed by atoms with Crippen molar-refractivity contribution >= 4 is 62.2 Å². The number of rotatable bonds is 11. The molecule has 2 heterocycles. The first-order valence-corrected chi connectivity index (χ1v) is 15.6. The van der Waals surface area contributed by atoms with Crippen LogP contribution >= 0.6 is 27.7 Å². The number of nitrogens with zero attached hydrogens (tertiary/aromatic N) is 2. The molecular weight excluding hydrogens is 646 g/mol. The molecule has 0 unspecified atom stereocenters. The number of amides is 3. The van der Waals surface area contributed by atoms with E-state index in [2.05, 4.69) is 32.7 Å². The molecule has 11 heteroatoms. The molecule has 3 amide bonds. The average molecular weight is 679 g/mol. The molecule has 2 fully saturated rings. The third kappa shape index (κ3) is 7.53. The Labute approximate surface area is 269 Å². The van der Waals surface area contributed by atoms with Crippen LogP contribution in [-0.2, 0) is 27.4 Å². The van der Waals surface area contributed by atoms with Gasteiger partial charge in [0.2, 0.25) is 5.91 Å². The number of imide groups is 1. The molecule has 0 radical (unpaired) electrons. The van der Waals surface area contributed by atoms with Gasteiger partial charge < -0.3 is 24.4 Å². The van der Waals surface area contributed by atoms with Gasteiger partial charge in [0, 0.05) is 23.1 Å². The van der Waals surface area contributed by atoms with Gasteiger partial charge in [-0.05, 0) is 71.8 Å². The van der Waals surface area contributed by atoms with Crippen molar-refractivity contribution in [2.45, 2.75) is 13.0 Å². The van der Waals surface area contributed by atoms with E-state index in [1.165, 1.54) is 0 Å². The van der Waals surface area contributed by atoms with E-state index < -0.39 is 23.6 Å². The second-order valence-corrected chi connectivity index (χ2v) is 12.0. The number of carbonyl (C=O) groups is 3. The molecule has 0 atom stereocenters. The molecule has 228 valence electrons. The number of hydrogen-bond donors (Lipinski definition) is 1. The molecule has 0 saturated carbocycles. The van der Waals surface area contributed by atoms with E-state index in [-0.39, 0.29) is 4.91 Å². The number of benzene rings is 3. The maximum absolute atomic E-state index is 13.3. The molecule has 9 nitrogen and oxygen atoms in total. The van der Waals surface area contributed by atoms with Gasteiger partial charge >= 0.3 is 0 Å². The highest BCUT2D eigenvalue weighted by atomic mass is 79.9. The Kier molecular flexibility index (Phi) is 10.4. The van der Waals surface area contributed by atoms with E-state index >= 15 is 0 Å². The highest BCUT2D eigenvalue weighted by molar-refractivity contribution is 9.10. The Balaban J connectivity index is 1.30. The maximum atomic E-state index is 13.3. The third-order valence-corrected chi connectivity index (χ3v) is 8.47. The largest absolute Gasteiger partial charge is 0.493 e. The van der Waals surface area contributed by atoms with Gasteiger partial charge in [0.25, 0.3) is 11.1 Å². The van der Waals surface area contributed by atoms with E-state index in [0.717, 1.165) is 37.9 Å². The van der Waals surface area contributed by atoms with E-state index in [4.69, 9.17) is 14.2 Å². The number of thioether (sulfide) groups is 1. The van der Waals surface area contributed by atoms with Crippen molar-refractivity contribution in [3.05, 3.63) is 99.4 Å². The van der Waals surface area contributed by atoms with E-state index in [1.807, 2.05) is 48.5 Å². The molecule has 0 aromatic heterocycles. The maximum Gasteiger partial charge on any atom is 0.294 e. The number of ether oxygens (including phenoxy) is 3. The second-order valence-electron chi connectivity index (χ2n) is 10.1. The predicted molar refractivity (Wildman–Crippen MR) is 176 cm³/mol. The smallest absolute Gasteiger partial charge is 0.294 e. The van der Waals surface area contributed by atoms with Crippen molar-refractivity contribution in [1.29, 1.82) is 0 Å². The molecule has 5 rings (SSSR count). The number of halogens is 1. The van der Waals surface area contributed by atoms with Crippen molar-refractivity contribution in [3.63, 3.8) is 0 Å². The van der Waals surface area contributed by atoms with Crippen molar-refractivity contribution in [3.8, 4) is 11.5 Å². The number of allylic oxidation sites excluding steroid dienone is 1. The lowest BCUT2D eigenvalue weighted by Crippen LogP contribution is -2.38. The summed E-state index contributed by atoms with van der Waals surface area (Å²) in [6.45, 7) is 6.43. The van der Waals surface area contributed by atoms with Crippen LogP contribution in [-0.4, -0.2) is 61.9 Å². The van der Waals surface area contributed by atoms with E-state index in [1.54, 1.807) is 31.4 Å². The van der Waals surface area contributed by atoms with Crippen LogP contribution in [0.25, 0.3) is 6.08 Å². The fourth-order valence-electron chi connectivity index (χ4n) is 4.91. The van der Waals surface area contributed by atoms with Crippen LogP contribution < -0.4 is 19.7 Å². The van der Waals surface area contributed by atoms with Gasteiger partial charge in [0.1, 0.15) is 13.2 Å². The lowest BCUT2D eigenvalue weighted by Gasteiger charge is -2.30. The monoisotopic (exact) mass is 677 g/mol. The van der Waals surface area contributed by atoms with Crippen LogP contribution in [0.5, 0.6) is 11.5 Å². The minimum absolute atomic E-state index is 0.214. The van der Waals surface area contributed by atoms with Crippen molar-refractivity contribution in [1.82, 2.24) is 4.90 Å². The van der Waals surface area contributed by atoms with Crippen molar-refractivity contribution in [2.24, 2.45) is 0 Å². The molecule has 0 spiro atoms. The standard InChI is InChI=1S/C33H32BrN3O6S/c1-3-6-24-17-23(18-28(41-2)31(24)43-21-22-9-11-25(34)12-10-22)19-29-32(39)37(33(40)44-29)20-30(38)35-26-7-4-5-8-27(26)36-13-15-42-16-14-36/h3-5,7-12,17-19H,1,6,13-16,20-21H2,2H3,(H,35,38)/b29-19-. The lowest BCUT2D eigenvalue weighted by atomic mass is 10.0. The molecule has 2 aliphatic rings. The van der Waals surface area contributed by atoms with Crippen LogP contribution in [0.1, 0.15) is 16.7 Å². The van der Waals surface area contributed by atoms with Crippen LogP contribution in [0.4, 0.5) is 16.2 Å². The summed E-state index contributed by atoms with van der Waals surface area (Å²) in [5.41, 5.74) is 3.95. The summed E-state index contributed by atoms with van der Waals surface area (Å²) in [4.78, 5) is 42.4. The molecule has 3 aromatic rings. The summed E-state index contributed by atoms with van der Waals surface area (Å²) >= 11 is 4.24. The summed E-state index contributed by atoms with van der Waals surface area (Å²) in [6.07, 6.45) is 3.89. The Bertz CT molecular complexity index is 1590. The zero-order valence-electron chi connectivity index (χ0n) is 24.2. The molecule has 2 aliphatic heterocycles. The average Bonchev–Trinajstić information content (AvgIpc) is 3.29. The second kappa shape index (κ2) is 14.6. The Morgan fingerprint density at radius 2 is 1.86 bits per heavy atom. The van der Waals surface area contributed by atoms with Crippen LogP contribution in [0.2, 0.25) is 0 Å². The van der Waals surface area contributed by atoms with Gasteiger partial charge in [-0.2, -0.15) is 0 Å². The summed E-state index contributed by atoms with van der Waals surface area (Å²) in [5.74, 6) is 0.0766. The quantitative estimate of drug-likeness (QED) is 0.187. The third-order valence-electron chi connectivity index (χ3n) is 7.04. The van der Waals surface area contributed by atoms with E-state index in [9.17, 15) is 14.4 Å². The summed E-state index contributed by atoms with van der Waals surface area (Å²) < 4.78 is 18.2. The Hall–Kier alpha value is -4.06. The van der Waals surface area contributed by atoms with Gasteiger partial charge in [-0.3, -0.25) is 19.3 Å². The first-order chi connectivity index (χ1) is 21.4. The normalized spacial score (nSPS) is 15.9. The first kappa shape index (κ1) is 31.4. The topological polar surface area (TPSA) is 97.4 Å². The summed E-state index contributed by atoms with van der Waals surface area (Å²) in [7, 11) is 1.55. The zero-order chi connectivity index (χ0) is 31.1. The molecule has 0 bridgehead atoms. The summed E-state index contributed by atoms with van der Waals surface area (Å²) in [6, 6.07) is 18.9. The molecular formula is C33H32BrN3O6S.